The molecule has 0 unspecified atom stereocenters. The number of carbonyl (C=O) groups is 1. The summed E-state index contributed by atoms with van der Waals surface area (Å²) in [7, 11) is 0. The van der Waals surface area contributed by atoms with E-state index in [-0.39, 0.29) is 11.9 Å². The monoisotopic (exact) mass is 435 g/mol. The maximum absolute atomic E-state index is 13.1. The maximum atomic E-state index is 13.1. The Balaban J connectivity index is 1.41. The standard InChI is InChI=1S/C29H29N3O/c1-20-17-24(15-16-30-20)23-13-11-22(12-14-23)18-32-19-27(29(33)31-25-7-3-4-8-25)21(2)26-9-5-6-10-28(26)32/h5-6,9-17,19,25H,2-4,7-8,18H2,1H3,(H,31,33). The number of rotatable bonds is 5. The van der Waals surface area contributed by atoms with E-state index in [9.17, 15) is 4.79 Å². The van der Waals surface area contributed by atoms with Crippen molar-refractivity contribution >= 4 is 17.2 Å². The quantitative estimate of drug-likeness (QED) is 0.532. The maximum Gasteiger partial charge on any atom is 0.253 e. The minimum absolute atomic E-state index is 0.0187. The van der Waals surface area contributed by atoms with Gasteiger partial charge in [0.05, 0.1) is 5.57 Å². The van der Waals surface area contributed by atoms with Crippen molar-refractivity contribution in [2.45, 2.75) is 45.2 Å². The summed E-state index contributed by atoms with van der Waals surface area (Å²) in [5.74, 6) is -0.0187. The summed E-state index contributed by atoms with van der Waals surface area (Å²) in [6.45, 7) is 6.95. The predicted molar refractivity (Wildman–Crippen MR) is 135 cm³/mol. The molecule has 4 nitrogen and oxygen atoms in total. The van der Waals surface area contributed by atoms with Crippen molar-refractivity contribution in [3.05, 3.63) is 102 Å². The lowest BCUT2D eigenvalue weighted by Crippen LogP contribution is -2.36. The number of hydrogen-bond donors (Lipinski definition) is 1. The molecule has 0 atom stereocenters. The molecular weight excluding hydrogens is 406 g/mol. The van der Waals surface area contributed by atoms with Crippen molar-refractivity contribution in [3.8, 4) is 11.1 Å². The number of benzene rings is 2. The number of pyridine rings is 1. The molecule has 2 heterocycles. The number of amides is 1. The molecule has 1 aliphatic carbocycles. The third-order valence-corrected chi connectivity index (χ3v) is 6.62. The Morgan fingerprint density at radius 1 is 1.06 bits per heavy atom. The van der Waals surface area contributed by atoms with E-state index in [2.05, 4.69) is 64.2 Å². The summed E-state index contributed by atoms with van der Waals surface area (Å²) in [6.07, 6.45) is 8.32. The van der Waals surface area contributed by atoms with E-state index in [1.54, 1.807) is 0 Å². The van der Waals surface area contributed by atoms with Gasteiger partial charge in [0.15, 0.2) is 0 Å². The molecule has 4 heteroatoms. The third-order valence-electron chi connectivity index (χ3n) is 6.62. The summed E-state index contributed by atoms with van der Waals surface area (Å²) in [5.41, 5.74) is 8.07. The van der Waals surface area contributed by atoms with Gasteiger partial charge in [-0.05, 0) is 60.2 Å². The van der Waals surface area contributed by atoms with Gasteiger partial charge in [0, 0.05) is 41.9 Å². The van der Waals surface area contributed by atoms with Gasteiger partial charge in [-0.2, -0.15) is 0 Å². The molecule has 1 fully saturated rings. The van der Waals surface area contributed by atoms with Crippen molar-refractivity contribution < 1.29 is 4.79 Å². The SMILES string of the molecule is C=C1C(C(=O)NC2CCCC2)=CN(Cc2ccc(-c3ccnc(C)c3)cc2)c2ccccc21. The lowest BCUT2D eigenvalue weighted by Gasteiger charge is -2.31. The highest BCUT2D eigenvalue weighted by Gasteiger charge is 2.27. The first-order valence-electron chi connectivity index (χ1n) is 11.7. The molecule has 0 spiro atoms. The summed E-state index contributed by atoms with van der Waals surface area (Å²) >= 11 is 0. The first-order valence-corrected chi connectivity index (χ1v) is 11.7. The summed E-state index contributed by atoms with van der Waals surface area (Å²) in [4.78, 5) is 19.6. The van der Waals surface area contributed by atoms with E-state index >= 15 is 0 Å². The van der Waals surface area contributed by atoms with Crippen molar-refractivity contribution in [3.63, 3.8) is 0 Å². The van der Waals surface area contributed by atoms with Gasteiger partial charge in [-0.1, -0.05) is 61.9 Å². The lowest BCUT2D eigenvalue weighted by atomic mass is 9.93. The number of nitrogens with zero attached hydrogens (tertiary/aromatic N) is 2. The number of fused-ring (bicyclic) bond motifs is 1. The highest BCUT2D eigenvalue weighted by Crippen LogP contribution is 2.37. The number of aromatic nitrogens is 1. The van der Waals surface area contributed by atoms with Gasteiger partial charge < -0.3 is 10.2 Å². The molecule has 166 valence electrons. The Labute approximate surface area is 195 Å². The van der Waals surface area contributed by atoms with E-state index in [1.807, 2.05) is 37.5 Å². The fraction of sp³-hybridized carbons (Fsp3) is 0.241. The van der Waals surface area contributed by atoms with Crippen molar-refractivity contribution in [1.29, 1.82) is 0 Å². The van der Waals surface area contributed by atoms with Gasteiger partial charge in [0.25, 0.3) is 5.91 Å². The molecule has 1 aliphatic heterocycles. The topological polar surface area (TPSA) is 45.2 Å². The first-order chi connectivity index (χ1) is 16.1. The second-order valence-electron chi connectivity index (χ2n) is 9.00. The smallest absolute Gasteiger partial charge is 0.253 e. The molecular formula is C29H29N3O. The largest absolute Gasteiger partial charge is 0.349 e. The normalized spacial score (nSPS) is 15.8. The van der Waals surface area contributed by atoms with Crippen molar-refractivity contribution in [1.82, 2.24) is 10.3 Å². The van der Waals surface area contributed by atoms with Crippen LogP contribution >= 0.6 is 0 Å². The number of anilines is 1. The molecule has 1 N–H and O–H groups in total. The minimum Gasteiger partial charge on any atom is -0.349 e. The Bertz CT molecular complexity index is 1220. The van der Waals surface area contributed by atoms with Crippen LogP contribution in [0.4, 0.5) is 5.69 Å². The fourth-order valence-corrected chi connectivity index (χ4v) is 4.81. The molecule has 33 heavy (non-hydrogen) atoms. The lowest BCUT2D eigenvalue weighted by molar-refractivity contribution is -0.117. The molecule has 0 radical (unpaired) electrons. The van der Waals surface area contributed by atoms with Crippen LogP contribution in [0.1, 0.15) is 42.5 Å². The fourth-order valence-electron chi connectivity index (χ4n) is 4.81. The number of aryl methyl sites for hydroxylation is 1. The van der Waals surface area contributed by atoms with E-state index in [0.29, 0.717) is 12.1 Å². The molecule has 1 aromatic heterocycles. The van der Waals surface area contributed by atoms with Crippen LogP contribution in [0, 0.1) is 6.92 Å². The molecule has 0 saturated heterocycles. The highest BCUT2D eigenvalue weighted by molar-refractivity contribution is 6.11. The van der Waals surface area contributed by atoms with Crippen LogP contribution in [0.3, 0.4) is 0 Å². The number of para-hydroxylation sites is 1. The number of carbonyl (C=O) groups excluding carboxylic acids is 1. The molecule has 2 aliphatic rings. The first kappa shape index (κ1) is 21.2. The summed E-state index contributed by atoms with van der Waals surface area (Å²) in [6, 6.07) is 21.2. The molecule has 5 rings (SSSR count). The van der Waals surface area contributed by atoms with E-state index in [4.69, 9.17) is 0 Å². The molecule has 2 aromatic carbocycles. The van der Waals surface area contributed by atoms with E-state index in [0.717, 1.165) is 35.4 Å². The molecule has 0 bridgehead atoms. The minimum atomic E-state index is -0.0187. The van der Waals surface area contributed by atoms with Gasteiger partial charge >= 0.3 is 0 Å². The Morgan fingerprint density at radius 2 is 1.82 bits per heavy atom. The van der Waals surface area contributed by atoms with Gasteiger partial charge in [-0.25, -0.2) is 0 Å². The van der Waals surface area contributed by atoms with Crippen molar-refractivity contribution in [2.24, 2.45) is 0 Å². The average molecular weight is 436 g/mol. The Kier molecular flexibility index (Phi) is 5.82. The second-order valence-corrected chi connectivity index (χ2v) is 9.00. The number of nitrogens with one attached hydrogen (secondary N) is 1. The van der Waals surface area contributed by atoms with E-state index < -0.39 is 0 Å². The van der Waals surface area contributed by atoms with Crippen LogP contribution in [0.2, 0.25) is 0 Å². The van der Waals surface area contributed by atoms with Crippen LogP contribution in [0.15, 0.2) is 85.2 Å². The van der Waals surface area contributed by atoms with Crippen LogP contribution in [0.25, 0.3) is 16.7 Å². The van der Waals surface area contributed by atoms with Gasteiger partial charge in [-0.3, -0.25) is 9.78 Å². The van der Waals surface area contributed by atoms with Crippen LogP contribution < -0.4 is 10.2 Å². The zero-order chi connectivity index (χ0) is 22.8. The predicted octanol–water partition coefficient (Wildman–Crippen LogP) is 6.03. The zero-order valence-corrected chi connectivity index (χ0v) is 19.1. The van der Waals surface area contributed by atoms with Gasteiger partial charge in [-0.15, -0.1) is 0 Å². The van der Waals surface area contributed by atoms with Crippen LogP contribution in [0.5, 0.6) is 0 Å². The van der Waals surface area contributed by atoms with Crippen molar-refractivity contribution in [2.75, 3.05) is 4.90 Å². The Morgan fingerprint density at radius 3 is 2.58 bits per heavy atom. The molecule has 3 aromatic rings. The summed E-state index contributed by atoms with van der Waals surface area (Å²) < 4.78 is 0. The van der Waals surface area contributed by atoms with Crippen LogP contribution in [-0.2, 0) is 11.3 Å². The van der Waals surface area contributed by atoms with Crippen LogP contribution in [-0.4, -0.2) is 16.9 Å². The second kappa shape index (κ2) is 9.07. The zero-order valence-electron chi connectivity index (χ0n) is 19.1. The average Bonchev–Trinajstić information content (AvgIpc) is 3.34. The molecule has 1 amide bonds. The van der Waals surface area contributed by atoms with Gasteiger partial charge in [0.2, 0.25) is 0 Å². The highest BCUT2D eigenvalue weighted by atomic mass is 16.1. The summed E-state index contributed by atoms with van der Waals surface area (Å²) in [5, 5.41) is 3.22. The molecule has 1 saturated carbocycles. The van der Waals surface area contributed by atoms with Gasteiger partial charge in [0.1, 0.15) is 0 Å². The Hall–Kier alpha value is -3.66. The van der Waals surface area contributed by atoms with E-state index in [1.165, 1.54) is 29.5 Å². The number of hydrogen-bond acceptors (Lipinski definition) is 3. The third kappa shape index (κ3) is 4.47.